The van der Waals surface area contributed by atoms with Gasteiger partial charge in [-0.2, -0.15) is 0 Å². The highest BCUT2D eigenvalue weighted by Crippen LogP contribution is 2.13. The normalized spacial score (nSPS) is 11.2. The van der Waals surface area contributed by atoms with Gasteiger partial charge in [0.1, 0.15) is 0 Å². The summed E-state index contributed by atoms with van der Waals surface area (Å²) in [5.41, 5.74) is 0.953. The van der Waals surface area contributed by atoms with Crippen molar-refractivity contribution < 1.29 is 0 Å². The van der Waals surface area contributed by atoms with Crippen molar-refractivity contribution in [3.05, 3.63) is 55.2 Å². The van der Waals surface area contributed by atoms with Crippen LogP contribution in [0.5, 0.6) is 0 Å². The summed E-state index contributed by atoms with van der Waals surface area (Å²) >= 11 is 0. The minimum Gasteiger partial charge on any atom is -0.256 e. The fourth-order valence-electron chi connectivity index (χ4n) is 1.31. The lowest BCUT2D eigenvalue weighted by Gasteiger charge is -1.97. The highest BCUT2D eigenvalue weighted by molar-refractivity contribution is 5.83. The van der Waals surface area contributed by atoms with Crippen molar-refractivity contribution in [3.8, 4) is 0 Å². The van der Waals surface area contributed by atoms with Crippen molar-refractivity contribution in [2.75, 3.05) is 0 Å². The number of benzene rings is 1. The second-order valence-electron chi connectivity index (χ2n) is 2.86. The Labute approximate surface area is 77.7 Å². The molecule has 0 unspecified atom stereocenters. The molecule has 0 fully saturated rings. The van der Waals surface area contributed by atoms with E-state index in [1.807, 2.05) is 24.4 Å². The van der Waals surface area contributed by atoms with Gasteiger partial charge in [-0.3, -0.25) is 4.98 Å². The van der Waals surface area contributed by atoms with Crippen LogP contribution < -0.4 is 0 Å². The average Bonchev–Trinajstić information content (AvgIpc) is 2.18. The Balaban J connectivity index is 2.62. The van der Waals surface area contributed by atoms with Crippen LogP contribution in [-0.4, -0.2) is 4.98 Å². The maximum atomic E-state index is 4.27. The summed E-state index contributed by atoms with van der Waals surface area (Å²) in [6.07, 6.45) is 5.52. The largest absolute Gasteiger partial charge is 0.256 e. The number of nitrogens with zero attached hydrogens (tertiary/aromatic N) is 1. The molecule has 63 valence electrons. The third-order valence-corrected chi connectivity index (χ3v) is 1.94. The Morgan fingerprint density at radius 1 is 1.15 bits per heavy atom. The van der Waals surface area contributed by atoms with Gasteiger partial charge in [0.25, 0.3) is 0 Å². The molecule has 1 nitrogen and oxygen atoms in total. The Bertz CT molecular complexity index is 444. The standard InChI is InChI=1S/C12H10N/c1-2-5-12-8-10-6-3-4-7-11(10)9-13-12/h2-9H,1H2/b5-2+. The number of rotatable bonds is 1. The predicted molar refractivity (Wildman–Crippen MR) is 56.1 cm³/mol. The van der Waals surface area contributed by atoms with Crippen LogP contribution in [0, 0.1) is 6.92 Å². The lowest BCUT2D eigenvalue weighted by molar-refractivity contribution is 1.33. The smallest absolute Gasteiger partial charge is 0.0632 e. The van der Waals surface area contributed by atoms with Gasteiger partial charge < -0.3 is 0 Å². The molecular weight excluding hydrogens is 158 g/mol. The first-order valence-corrected chi connectivity index (χ1v) is 4.21. The van der Waals surface area contributed by atoms with E-state index in [1.54, 1.807) is 6.08 Å². The van der Waals surface area contributed by atoms with Crippen molar-refractivity contribution in [2.45, 2.75) is 0 Å². The molecule has 0 spiro atoms. The average molecular weight is 168 g/mol. The number of aromatic nitrogens is 1. The lowest BCUT2D eigenvalue weighted by Crippen LogP contribution is -1.80. The lowest BCUT2D eigenvalue weighted by atomic mass is 10.1. The van der Waals surface area contributed by atoms with Crippen LogP contribution in [-0.2, 0) is 0 Å². The SMILES string of the molecule is [CH2]/C=C/c1cc2ccccc2cn1. The van der Waals surface area contributed by atoms with E-state index in [9.17, 15) is 0 Å². The maximum Gasteiger partial charge on any atom is 0.0632 e. The topological polar surface area (TPSA) is 12.9 Å². The van der Waals surface area contributed by atoms with Gasteiger partial charge in [-0.05, 0) is 24.5 Å². The van der Waals surface area contributed by atoms with E-state index in [0.29, 0.717) is 0 Å². The van der Waals surface area contributed by atoms with Crippen LogP contribution in [0.1, 0.15) is 5.69 Å². The van der Waals surface area contributed by atoms with E-state index in [4.69, 9.17) is 0 Å². The zero-order valence-electron chi connectivity index (χ0n) is 7.27. The number of allylic oxidation sites excluding steroid dienone is 1. The van der Waals surface area contributed by atoms with E-state index in [2.05, 4.69) is 30.1 Å². The fourth-order valence-corrected chi connectivity index (χ4v) is 1.31. The summed E-state index contributed by atoms with van der Waals surface area (Å²) in [4.78, 5) is 4.27. The molecule has 13 heavy (non-hydrogen) atoms. The molecule has 1 radical (unpaired) electrons. The minimum atomic E-state index is 0.953. The van der Waals surface area contributed by atoms with E-state index in [0.717, 1.165) is 5.69 Å². The van der Waals surface area contributed by atoms with Crippen molar-refractivity contribution in [1.29, 1.82) is 0 Å². The highest BCUT2D eigenvalue weighted by atomic mass is 14.7. The number of pyridine rings is 1. The zero-order chi connectivity index (χ0) is 9.10. The summed E-state index contributed by atoms with van der Waals surface area (Å²) < 4.78 is 0. The molecule has 0 aliphatic heterocycles. The summed E-state index contributed by atoms with van der Waals surface area (Å²) in [6, 6.07) is 10.2. The molecule has 0 saturated heterocycles. The van der Waals surface area contributed by atoms with Crippen LogP contribution in [0.2, 0.25) is 0 Å². The molecule has 1 heterocycles. The first-order valence-electron chi connectivity index (χ1n) is 4.21. The van der Waals surface area contributed by atoms with Gasteiger partial charge in [0.05, 0.1) is 5.69 Å². The molecule has 0 bridgehead atoms. The van der Waals surface area contributed by atoms with E-state index >= 15 is 0 Å². The summed E-state index contributed by atoms with van der Waals surface area (Å²) in [5.74, 6) is 0. The summed E-state index contributed by atoms with van der Waals surface area (Å²) in [5, 5.41) is 2.38. The molecule has 2 aromatic rings. The summed E-state index contributed by atoms with van der Waals surface area (Å²) in [7, 11) is 0. The molecule has 1 aromatic carbocycles. The quantitative estimate of drug-likeness (QED) is 0.637. The van der Waals surface area contributed by atoms with Crippen LogP contribution in [0.15, 0.2) is 42.6 Å². The third-order valence-electron chi connectivity index (χ3n) is 1.94. The van der Waals surface area contributed by atoms with Gasteiger partial charge in [-0.1, -0.05) is 30.3 Å². The molecule has 0 amide bonds. The molecule has 0 aliphatic rings. The monoisotopic (exact) mass is 168 g/mol. The van der Waals surface area contributed by atoms with Crippen molar-refractivity contribution in [3.63, 3.8) is 0 Å². The number of hydrogen-bond donors (Lipinski definition) is 0. The van der Waals surface area contributed by atoms with Gasteiger partial charge in [-0.25, -0.2) is 0 Å². The molecule has 0 N–H and O–H groups in total. The Morgan fingerprint density at radius 3 is 2.69 bits per heavy atom. The Hall–Kier alpha value is -1.63. The maximum absolute atomic E-state index is 4.27. The van der Waals surface area contributed by atoms with E-state index in [1.165, 1.54) is 10.8 Å². The second kappa shape index (κ2) is 3.40. The van der Waals surface area contributed by atoms with Gasteiger partial charge in [-0.15, -0.1) is 0 Å². The third kappa shape index (κ3) is 1.59. The van der Waals surface area contributed by atoms with Crippen LogP contribution in [0.4, 0.5) is 0 Å². The molecule has 2 rings (SSSR count). The van der Waals surface area contributed by atoms with E-state index < -0.39 is 0 Å². The van der Waals surface area contributed by atoms with Gasteiger partial charge in [0, 0.05) is 11.6 Å². The molecule has 1 aromatic heterocycles. The number of fused-ring (bicyclic) bond motifs is 1. The molecule has 0 aliphatic carbocycles. The summed E-state index contributed by atoms with van der Waals surface area (Å²) in [6.45, 7) is 3.64. The molecular formula is C12H10N. The van der Waals surface area contributed by atoms with E-state index in [-0.39, 0.29) is 0 Å². The van der Waals surface area contributed by atoms with Crippen molar-refractivity contribution >= 4 is 16.8 Å². The van der Waals surface area contributed by atoms with Crippen LogP contribution in [0.25, 0.3) is 16.8 Å². The van der Waals surface area contributed by atoms with Gasteiger partial charge in [0.2, 0.25) is 0 Å². The Kier molecular flexibility index (Phi) is 2.09. The van der Waals surface area contributed by atoms with Gasteiger partial charge in [0.15, 0.2) is 0 Å². The van der Waals surface area contributed by atoms with Crippen molar-refractivity contribution in [1.82, 2.24) is 4.98 Å². The van der Waals surface area contributed by atoms with Gasteiger partial charge >= 0.3 is 0 Å². The molecule has 0 atom stereocenters. The Morgan fingerprint density at radius 2 is 1.92 bits per heavy atom. The highest BCUT2D eigenvalue weighted by Gasteiger charge is 1.92. The minimum absolute atomic E-state index is 0.953. The van der Waals surface area contributed by atoms with Crippen molar-refractivity contribution in [2.24, 2.45) is 0 Å². The van der Waals surface area contributed by atoms with Crippen LogP contribution in [0.3, 0.4) is 0 Å². The molecule has 1 heteroatoms. The second-order valence-corrected chi connectivity index (χ2v) is 2.86. The molecule has 0 saturated carbocycles. The van der Waals surface area contributed by atoms with Crippen LogP contribution >= 0.6 is 0 Å². The fraction of sp³-hybridized carbons (Fsp3) is 0. The first-order chi connectivity index (χ1) is 6.40. The first kappa shape index (κ1) is 7.99. The zero-order valence-corrected chi connectivity index (χ0v) is 7.27. The number of hydrogen-bond acceptors (Lipinski definition) is 1. The predicted octanol–water partition coefficient (Wildman–Crippen LogP) is 3.08.